The van der Waals surface area contributed by atoms with E-state index >= 15 is 0 Å². The largest absolute Gasteiger partial charge is 0.495 e. The Morgan fingerprint density at radius 2 is 1.77 bits per heavy atom. The first-order valence-corrected chi connectivity index (χ1v) is 12.5. The van der Waals surface area contributed by atoms with Crippen LogP contribution in [0.4, 0.5) is 5.69 Å². The van der Waals surface area contributed by atoms with Gasteiger partial charge < -0.3 is 28.6 Å². The van der Waals surface area contributed by atoms with Crippen molar-refractivity contribution in [2.45, 2.75) is 25.8 Å². The van der Waals surface area contributed by atoms with Gasteiger partial charge in [0.15, 0.2) is 11.5 Å². The second-order valence-electron chi connectivity index (χ2n) is 9.94. The molecule has 0 unspecified atom stereocenters. The van der Waals surface area contributed by atoms with Gasteiger partial charge in [0.1, 0.15) is 19.0 Å². The third kappa shape index (κ3) is 4.31. The molecule has 0 bridgehead atoms. The van der Waals surface area contributed by atoms with Crippen molar-refractivity contribution >= 4 is 16.7 Å². The summed E-state index contributed by atoms with van der Waals surface area (Å²) in [5.41, 5.74) is 3.25. The Labute approximate surface area is 205 Å². The number of benzene rings is 1. The smallest absolute Gasteiger partial charge is 0.251 e. The molecule has 8 nitrogen and oxygen atoms in total. The molecule has 0 radical (unpaired) electrons. The molecule has 0 N–H and O–H groups in total. The van der Waals surface area contributed by atoms with E-state index in [2.05, 4.69) is 26.9 Å². The summed E-state index contributed by atoms with van der Waals surface area (Å²) in [6.07, 6.45) is 5.29. The number of hydrogen-bond acceptors (Lipinski definition) is 7. The highest BCUT2D eigenvalue weighted by atomic mass is 16.6. The number of anilines is 1. The van der Waals surface area contributed by atoms with Crippen LogP contribution in [0.5, 0.6) is 17.2 Å². The molecule has 5 heterocycles. The lowest BCUT2D eigenvalue weighted by molar-refractivity contribution is 0.117. The number of pyridine rings is 2. The number of piperidine rings is 1. The molecule has 35 heavy (non-hydrogen) atoms. The zero-order valence-corrected chi connectivity index (χ0v) is 20.2. The Hall–Kier alpha value is -3.26. The van der Waals surface area contributed by atoms with Gasteiger partial charge in [-0.15, -0.1) is 0 Å². The van der Waals surface area contributed by atoms with Crippen LogP contribution in [-0.4, -0.2) is 67.5 Å². The van der Waals surface area contributed by atoms with Gasteiger partial charge in [-0.3, -0.25) is 9.78 Å². The van der Waals surface area contributed by atoms with E-state index < -0.39 is 0 Å². The highest BCUT2D eigenvalue weighted by Crippen LogP contribution is 2.43. The van der Waals surface area contributed by atoms with Crippen molar-refractivity contribution in [3.8, 4) is 17.2 Å². The van der Waals surface area contributed by atoms with Gasteiger partial charge in [0.2, 0.25) is 0 Å². The third-order valence-electron chi connectivity index (χ3n) is 7.93. The molecule has 6 rings (SSSR count). The molecule has 0 amide bonds. The van der Waals surface area contributed by atoms with E-state index in [1.54, 1.807) is 25.4 Å². The first-order valence-electron chi connectivity index (χ1n) is 12.5. The van der Waals surface area contributed by atoms with Crippen molar-refractivity contribution in [3.63, 3.8) is 0 Å². The van der Waals surface area contributed by atoms with Crippen molar-refractivity contribution in [1.29, 1.82) is 0 Å². The monoisotopic (exact) mass is 476 g/mol. The molecule has 0 saturated carbocycles. The molecule has 184 valence electrons. The van der Waals surface area contributed by atoms with E-state index in [9.17, 15) is 4.79 Å². The summed E-state index contributed by atoms with van der Waals surface area (Å²) in [5.74, 6) is 2.38. The van der Waals surface area contributed by atoms with Gasteiger partial charge in [0.05, 0.1) is 24.3 Å². The zero-order valence-electron chi connectivity index (χ0n) is 20.2. The topological polar surface area (TPSA) is 69.1 Å². The van der Waals surface area contributed by atoms with E-state index in [1.165, 1.54) is 24.9 Å². The Kier molecular flexibility index (Phi) is 5.76. The average molecular weight is 477 g/mol. The van der Waals surface area contributed by atoms with Gasteiger partial charge in [-0.25, -0.2) is 0 Å². The zero-order chi connectivity index (χ0) is 23.8. The van der Waals surface area contributed by atoms with Gasteiger partial charge in [-0.05, 0) is 56.0 Å². The summed E-state index contributed by atoms with van der Waals surface area (Å²) in [6.45, 7) is 7.06. The molecule has 3 aliphatic rings. The lowest BCUT2D eigenvalue weighted by Crippen LogP contribution is -2.43. The number of hydrogen-bond donors (Lipinski definition) is 0. The van der Waals surface area contributed by atoms with Crippen molar-refractivity contribution in [2.24, 2.45) is 5.41 Å². The normalized spacial score (nSPS) is 19.4. The Morgan fingerprint density at radius 1 is 0.971 bits per heavy atom. The van der Waals surface area contributed by atoms with E-state index in [1.807, 2.05) is 16.7 Å². The predicted molar refractivity (Wildman–Crippen MR) is 135 cm³/mol. The van der Waals surface area contributed by atoms with E-state index in [-0.39, 0.29) is 5.56 Å². The fourth-order valence-corrected chi connectivity index (χ4v) is 5.78. The van der Waals surface area contributed by atoms with Crippen LogP contribution < -0.4 is 24.7 Å². The lowest BCUT2D eigenvalue weighted by atomic mass is 9.78. The summed E-state index contributed by atoms with van der Waals surface area (Å²) in [6, 6.07) is 11.6. The Bertz CT molecular complexity index is 1280. The SMILES string of the molecule is COc1cnc2ccc(=O)n(CCN3CCC4(CC3)CCN(c3ccc5c(c3)OCCO5)C4)c2c1. The maximum atomic E-state index is 12.6. The first-order chi connectivity index (χ1) is 17.1. The highest BCUT2D eigenvalue weighted by molar-refractivity contribution is 5.75. The molecule has 8 heteroatoms. The highest BCUT2D eigenvalue weighted by Gasteiger charge is 2.40. The van der Waals surface area contributed by atoms with Crippen LogP contribution in [0.25, 0.3) is 11.0 Å². The molecule has 0 aliphatic carbocycles. The lowest BCUT2D eigenvalue weighted by Gasteiger charge is -2.39. The number of likely N-dealkylation sites (tertiary alicyclic amines) is 1. The van der Waals surface area contributed by atoms with E-state index in [0.29, 0.717) is 30.9 Å². The second kappa shape index (κ2) is 9.07. The number of methoxy groups -OCH3 is 1. The Balaban J connectivity index is 1.08. The van der Waals surface area contributed by atoms with Crippen LogP contribution in [0.2, 0.25) is 0 Å². The van der Waals surface area contributed by atoms with Crippen molar-refractivity contribution in [2.75, 3.05) is 57.9 Å². The molecule has 3 aliphatic heterocycles. The minimum Gasteiger partial charge on any atom is -0.495 e. The molecular formula is C27H32N4O4. The third-order valence-corrected chi connectivity index (χ3v) is 7.93. The number of ether oxygens (including phenoxy) is 3. The minimum absolute atomic E-state index is 0.00639. The van der Waals surface area contributed by atoms with E-state index in [0.717, 1.165) is 55.3 Å². The fourth-order valence-electron chi connectivity index (χ4n) is 5.78. The molecule has 2 fully saturated rings. The molecule has 2 saturated heterocycles. The maximum Gasteiger partial charge on any atom is 0.251 e. The van der Waals surface area contributed by atoms with Crippen molar-refractivity contribution in [1.82, 2.24) is 14.5 Å². The predicted octanol–water partition coefficient (Wildman–Crippen LogP) is 3.17. The summed E-state index contributed by atoms with van der Waals surface area (Å²) in [7, 11) is 1.62. The Morgan fingerprint density at radius 3 is 2.60 bits per heavy atom. The molecule has 1 aromatic carbocycles. The van der Waals surface area contributed by atoms with Crippen LogP contribution >= 0.6 is 0 Å². The number of fused-ring (bicyclic) bond motifs is 2. The number of nitrogens with zero attached hydrogens (tertiary/aromatic N) is 4. The summed E-state index contributed by atoms with van der Waals surface area (Å²) < 4.78 is 18.6. The second-order valence-corrected chi connectivity index (χ2v) is 9.94. The maximum absolute atomic E-state index is 12.6. The standard InChI is InChI=1S/C27H32N4O4/c1-33-21-17-23-22(28-18-21)3-5-26(32)31(23)13-12-29-9-6-27(7-10-29)8-11-30(19-27)20-2-4-24-25(16-20)35-15-14-34-24/h2-5,16-18H,6-15,19H2,1H3. The van der Waals surface area contributed by atoms with Gasteiger partial charge in [0.25, 0.3) is 5.56 Å². The van der Waals surface area contributed by atoms with Crippen LogP contribution in [-0.2, 0) is 6.54 Å². The number of aromatic nitrogens is 2. The quantitative estimate of drug-likeness (QED) is 0.560. The molecular weight excluding hydrogens is 444 g/mol. The number of rotatable bonds is 5. The van der Waals surface area contributed by atoms with Crippen LogP contribution in [0, 0.1) is 5.41 Å². The van der Waals surface area contributed by atoms with Gasteiger partial charge in [0, 0.05) is 50.1 Å². The molecule has 2 aromatic heterocycles. The van der Waals surface area contributed by atoms with Crippen LogP contribution in [0.1, 0.15) is 19.3 Å². The van der Waals surface area contributed by atoms with Gasteiger partial charge in [-0.1, -0.05) is 0 Å². The molecule has 0 atom stereocenters. The van der Waals surface area contributed by atoms with Crippen LogP contribution in [0.15, 0.2) is 47.4 Å². The average Bonchev–Trinajstić information content (AvgIpc) is 3.32. The minimum atomic E-state index is 0.00639. The van der Waals surface area contributed by atoms with Gasteiger partial charge in [-0.2, -0.15) is 0 Å². The van der Waals surface area contributed by atoms with Gasteiger partial charge >= 0.3 is 0 Å². The van der Waals surface area contributed by atoms with E-state index in [4.69, 9.17) is 14.2 Å². The summed E-state index contributed by atoms with van der Waals surface area (Å²) in [5, 5.41) is 0. The summed E-state index contributed by atoms with van der Waals surface area (Å²) >= 11 is 0. The molecule has 3 aromatic rings. The summed E-state index contributed by atoms with van der Waals surface area (Å²) in [4.78, 5) is 22.1. The fraction of sp³-hybridized carbons (Fsp3) is 0.481. The van der Waals surface area contributed by atoms with Crippen molar-refractivity contribution in [3.05, 3.63) is 52.9 Å². The van der Waals surface area contributed by atoms with Crippen molar-refractivity contribution < 1.29 is 14.2 Å². The first kappa shape index (κ1) is 22.2. The molecule has 1 spiro atoms. The van der Waals surface area contributed by atoms with Crippen LogP contribution in [0.3, 0.4) is 0 Å².